The monoisotopic (exact) mass is 242 g/mol. The van der Waals surface area contributed by atoms with Gasteiger partial charge in [0.2, 0.25) is 0 Å². The van der Waals surface area contributed by atoms with Gasteiger partial charge in [0.05, 0.1) is 9.92 Å². The molecule has 1 aromatic rings. The third kappa shape index (κ3) is 2.13. The number of hydrogen-bond donors (Lipinski definition) is 0. The second-order valence-electron chi connectivity index (χ2n) is 2.42. The van der Waals surface area contributed by atoms with E-state index >= 15 is 0 Å². The van der Waals surface area contributed by atoms with Crippen molar-refractivity contribution in [2.45, 2.75) is 11.8 Å². The Hall–Kier alpha value is -0.320. The van der Waals surface area contributed by atoms with E-state index in [0.717, 1.165) is 6.07 Å². The average Bonchev–Trinajstić information content (AvgIpc) is 1.98. The van der Waals surface area contributed by atoms with Gasteiger partial charge in [0, 0.05) is 16.2 Å². The van der Waals surface area contributed by atoms with Gasteiger partial charge in [0.25, 0.3) is 9.05 Å². The fraction of sp³-hybridized carbons (Fsp3) is 0.143. The minimum Gasteiger partial charge on any atom is -0.207 e. The van der Waals surface area contributed by atoms with Crippen molar-refractivity contribution in [3.05, 3.63) is 28.5 Å². The molecule has 13 heavy (non-hydrogen) atoms. The highest BCUT2D eigenvalue weighted by Crippen LogP contribution is 2.26. The molecule has 0 aliphatic rings. The van der Waals surface area contributed by atoms with Crippen LogP contribution < -0.4 is 0 Å². The standard InChI is InChI=1S/C7H5Cl2FO2S/c1-4-6(13(9,11)12)3-2-5(8)7(4)10/h2-3H,1H3. The zero-order chi connectivity index (χ0) is 10.2. The van der Waals surface area contributed by atoms with Crippen LogP contribution in [-0.4, -0.2) is 8.42 Å². The maximum atomic E-state index is 13.1. The largest absolute Gasteiger partial charge is 0.261 e. The predicted molar refractivity (Wildman–Crippen MR) is 49.2 cm³/mol. The highest BCUT2D eigenvalue weighted by atomic mass is 35.7. The molecular weight excluding hydrogens is 238 g/mol. The van der Waals surface area contributed by atoms with Crippen LogP contribution in [0.15, 0.2) is 17.0 Å². The van der Waals surface area contributed by atoms with Crippen LogP contribution in [0.2, 0.25) is 5.02 Å². The van der Waals surface area contributed by atoms with E-state index < -0.39 is 14.9 Å². The van der Waals surface area contributed by atoms with E-state index in [-0.39, 0.29) is 15.5 Å². The van der Waals surface area contributed by atoms with Crippen molar-refractivity contribution in [1.82, 2.24) is 0 Å². The fourth-order valence-electron chi connectivity index (χ4n) is 0.898. The molecule has 6 heteroatoms. The van der Waals surface area contributed by atoms with Crippen LogP contribution in [-0.2, 0) is 9.05 Å². The number of hydrogen-bond acceptors (Lipinski definition) is 2. The molecule has 0 N–H and O–H groups in total. The first-order valence-corrected chi connectivity index (χ1v) is 5.92. The molecule has 0 saturated carbocycles. The Kier molecular flexibility index (Phi) is 2.85. The van der Waals surface area contributed by atoms with Gasteiger partial charge in [-0.1, -0.05) is 11.6 Å². The van der Waals surface area contributed by atoms with Crippen LogP contribution in [0.25, 0.3) is 0 Å². The third-order valence-corrected chi connectivity index (χ3v) is 3.31. The topological polar surface area (TPSA) is 34.1 Å². The lowest BCUT2D eigenvalue weighted by Gasteiger charge is -2.03. The molecular formula is C7H5Cl2FO2S. The van der Waals surface area contributed by atoms with Gasteiger partial charge in [-0.2, -0.15) is 0 Å². The summed E-state index contributed by atoms with van der Waals surface area (Å²) in [5.74, 6) is -0.761. The van der Waals surface area contributed by atoms with Crippen LogP contribution in [0.5, 0.6) is 0 Å². The lowest BCUT2D eigenvalue weighted by molar-refractivity contribution is 0.597. The van der Waals surface area contributed by atoms with Crippen molar-refractivity contribution in [2.24, 2.45) is 0 Å². The van der Waals surface area contributed by atoms with E-state index in [9.17, 15) is 12.8 Å². The van der Waals surface area contributed by atoms with E-state index in [1.54, 1.807) is 0 Å². The SMILES string of the molecule is Cc1c(S(=O)(=O)Cl)ccc(Cl)c1F. The Labute approximate surface area is 84.7 Å². The van der Waals surface area contributed by atoms with Crippen molar-refractivity contribution in [2.75, 3.05) is 0 Å². The second kappa shape index (κ2) is 3.44. The Bertz CT molecular complexity index is 442. The molecule has 2 nitrogen and oxygen atoms in total. The molecule has 72 valence electrons. The maximum absolute atomic E-state index is 13.1. The highest BCUT2D eigenvalue weighted by molar-refractivity contribution is 8.13. The number of rotatable bonds is 1. The Balaban J connectivity index is 3.53. The van der Waals surface area contributed by atoms with Gasteiger partial charge in [-0.15, -0.1) is 0 Å². The summed E-state index contributed by atoms with van der Waals surface area (Å²) >= 11 is 5.42. The van der Waals surface area contributed by atoms with E-state index in [1.165, 1.54) is 13.0 Å². The predicted octanol–water partition coefficient (Wildman–Crippen LogP) is 2.72. The zero-order valence-corrected chi connectivity index (χ0v) is 8.84. The third-order valence-electron chi connectivity index (χ3n) is 1.55. The summed E-state index contributed by atoms with van der Waals surface area (Å²) in [5, 5.41) is -0.124. The summed E-state index contributed by atoms with van der Waals surface area (Å²) in [6.07, 6.45) is 0. The Morgan fingerprint density at radius 3 is 2.38 bits per heavy atom. The zero-order valence-electron chi connectivity index (χ0n) is 6.51. The molecule has 0 unspecified atom stereocenters. The normalized spacial score (nSPS) is 11.7. The molecule has 0 radical (unpaired) electrons. The molecule has 0 saturated heterocycles. The van der Waals surface area contributed by atoms with Gasteiger partial charge in [-0.05, 0) is 19.1 Å². The Morgan fingerprint density at radius 1 is 1.38 bits per heavy atom. The van der Waals surface area contributed by atoms with Crippen LogP contribution in [0, 0.1) is 12.7 Å². The van der Waals surface area contributed by atoms with Gasteiger partial charge < -0.3 is 0 Å². The first kappa shape index (κ1) is 10.8. The summed E-state index contributed by atoms with van der Waals surface area (Å²) in [5.41, 5.74) is -0.0671. The molecule has 1 rings (SSSR count). The van der Waals surface area contributed by atoms with Gasteiger partial charge >= 0.3 is 0 Å². The lowest BCUT2D eigenvalue weighted by atomic mass is 10.2. The first-order chi connectivity index (χ1) is 5.84. The highest BCUT2D eigenvalue weighted by Gasteiger charge is 2.17. The van der Waals surface area contributed by atoms with E-state index in [2.05, 4.69) is 0 Å². The molecule has 0 aliphatic heterocycles. The minimum absolute atomic E-state index is 0.0671. The van der Waals surface area contributed by atoms with Crippen molar-refractivity contribution < 1.29 is 12.8 Å². The summed E-state index contributed by atoms with van der Waals surface area (Å²) in [6.45, 7) is 1.30. The van der Waals surface area contributed by atoms with Crippen molar-refractivity contribution in [3.63, 3.8) is 0 Å². The van der Waals surface area contributed by atoms with E-state index in [0.29, 0.717) is 0 Å². The van der Waals surface area contributed by atoms with Gasteiger partial charge in [0.1, 0.15) is 5.82 Å². The fourth-order valence-corrected chi connectivity index (χ4v) is 2.29. The van der Waals surface area contributed by atoms with Gasteiger partial charge in [-0.3, -0.25) is 0 Å². The van der Waals surface area contributed by atoms with Crippen LogP contribution in [0.4, 0.5) is 4.39 Å². The molecule has 0 aliphatic carbocycles. The quantitative estimate of drug-likeness (QED) is 0.710. The Morgan fingerprint density at radius 2 is 1.92 bits per heavy atom. The molecule has 0 bridgehead atoms. The summed E-state index contributed by atoms with van der Waals surface area (Å²) < 4.78 is 34.8. The average molecular weight is 243 g/mol. The maximum Gasteiger partial charge on any atom is 0.261 e. The minimum atomic E-state index is -3.90. The van der Waals surface area contributed by atoms with E-state index in [1.807, 2.05) is 0 Å². The van der Waals surface area contributed by atoms with Crippen molar-refractivity contribution >= 4 is 31.3 Å². The molecule has 1 aromatic carbocycles. The number of benzene rings is 1. The molecule has 0 amide bonds. The lowest BCUT2D eigenvalue weighted by Crippen LogP contribution is -1.97. The van der Waals surface area contributed by atoms with E-state index in [4.69, 9.17) is 22.3 Å². The van der Waals surface area contributed by atoms with Crippen LogP contribution >= 0.6 is 22.3 Å². The van der Waals surface area contributed by atoms with Crippen LogP contribution in [0.1, 0.15) is 5.56 Å². The summed E-state index contributed by atoms with van der Waals surface area (Å²) in [7, 11) is 1.15. The second-order valence-corrected chi connectivity index (χ2v) is 5.36. The molecule has 0 heterocycles. The molecule has 0 aromatic heterocycles. The summed E-state index contributed by atoms with van der Waals surface area (Å²) in [4.78, 5) is -0.254. The molecule has 0 fully saturated rings. The smallest absolute Gasteiger partial charge is 0.207 e. The van der Waals surface area contributed by atoms with Gasteiger partial charge in [-0.25, -0.2) is 12.8 Å². The van der Waals surface area contributed by atoms with Crippen molar-refractivity contribution in [1.29, 1.82) is 0 Å². The molecule has 0 spiro atoms. The molecule has 0 atom stereocenters. The first-order valence-electron chi connectivity index (χ1n) is 3.23. The van der Waals surface area contributed by atoms with Crippen LogP contribution in [0.3, 0.4) is 0 Å². The summed E-state index contributed by atoms with van der Waals surface area (Å²) in [6, 6.07) is 2.32. The van der Waals surface area contributed by atoms with Crippen molar-refractivity contribution in [3.8, 4) is 0 Å². The number of halogens is 3. The van der Waals surface area contributed by atoms with Gasteiger partial charge in [0.15, 0.2) is 0 Å².